The number of carbonyl (C=O) groups is 1. The SMILES string of the molecule is COc1ccc(-c2cc(C(=O)O)c3cc(Cl)ccc3n2)cc1OC. The number of carboxylic acid groups (broad SMARTS) is 1. The van der Waals surface area contributed by atoms with Gasteiger partial charge in [-0.2, -0.15) is 0 Å². The Hall–Kier alpha value is -2.79. The molecule has 0 radical (unpaired) electrons. The minimum atomic E-state index is -1.04. The van der Waals surface area contributed by atoms with Gasteiger partial charge >= 0.3 is 5.97 Å². The van der Waals surface area contributed by atoms with E-state index in [9.17, 15) is 9.90 Å². The van der Waals surface area contributed by atoms with Gasteiger partial charge in [0, 0.05) is 16.0 Å². The Balaban J connectivity index is 2.23. The van der Waals surface area contributed by atoms with Crippen LogP contribution in [0.5, 0.6) is 11.5 Å². The Morgan fingerprint density at radius 3 is 2.46 bits per heavy atom. The Kier molecular flexibility index (Phi) is 4.27. The molecular formula is C18H14ClNO4. The third kappa shape index (κ3) is 2.86. The van der Waals surface area contributed by atoms with Crippen LogP contribution >= 0.6 is 11.6 Å². The van der Waals surface area contributed by atoms with E-state index in [-0.39, 0.29) is 5.56 Å². The standard InChI is InChI=1S/C18H14ClNO4/c1-23-16-6-3-10(7-17(16)24-2)15-9-13(18(21)22)12-8-11(19)4-5-14(12)20-15/h3-9H,1-2H3,(H,21,22). The maximum absolute atomic E-state index is 11.6. The fourth-order valence-corrected chi connectivity index (χ4v) is 2.69. The summed E-state index contributed by atoms with van der Waals surface area (Å²) in [4.78, 5) is 16.2. The van der Waals surface area contributed by atoms with Gasteiger partial charge in [0.15, 0.2) is 11.5 Å². The minimum absolute atomic E-state index is 0.146. The van der Waals surface area contributed by atoms with Crippen molar-refractivity contribution in [1.82, 2.24) is 4.98 Å². The van der Waals surface area contributed by atoms with E-state index in [1.807, 2.05) is 0 Å². The second-order valence-corrected chi connectivity index (χ2v) is 5.53. The van der Waals surface area contributed by atoms with Gasteiger partial charge in [0.05, 0.1) is 31.0 Å². The molecule has 1 N–H and O–H groups in total. The van der Waals surface area contributed by atoms with Crippen molar-refractivity contribution in [3.05, 3.63) is 53.1 Å². The van der Waals surface area contributed by atoms with Crippen LogP contribution in [0.3, 0.4) is 0 Å². The topological polar surface area (TPSA) is 68.7 Å². The molecule has 1 heterocycles. The zero-order valence-electron chi connectivity index (χ0n) is 13.0. The van der Waals surface area contributed by atoms with Gasteiger partial charge in [-0.25, -0.2) is 9.78 Å². The number of hydrogen-bond acceptors (Lipinski definition) is 4. The lowest BCUT2D eigenvalue weighted by atomic mass is 10.0. The van der Waals surface area contributed by atoms with Crippen molar-refractivity contribution in [2.75, 3.05) is 14.2 Å². The molecule has 0 aliphatic rings. The minimum Gasteiger partial charge on any atom is -0.493 e. The summed E-state index contributed by atoms with van der Waals surface area (Å²) in [5, 5.41) is 10.5. The zero-order chi connectivity index (χ0) is 17.3. The number of benzene rings is 2. The van der Waals surface area contributed by atoms with Crippen LogP contribution in [0.15, 0.2) is 42.5 Å². The fraction of sp³-hybridized carbons (Fsp3) is 0.111. The van der Waals surface area contributed by atoms with Gasteiger partial charge in [0.25, 0.3) is 0 Å². The predicted octanol–water partition coefficient (Wildman–Crippen LogP) is 4.27. The van der Waals surface area contributed by atoms with Crippen molar-refractivity contribution in [1.29, 1.82) is 0 Å². The molecule has 3 aromatic rings. The average molecular weight is 344 g/mol. The molecule has 0 amide bonds. The molecule has 6 heteroatoms. The second-order valence-electron chi connectivity index (χ2n) is 5.09. The van der Waals surface area contributed by atoms with Crippen molar-refractivity contribution in [3.8, 4) is 22.8 Å². The third-order valence-corrected chi connectivity index (χ3v) is 3.92. The van der Waals surface area contributed by atoms with Crippen LogP contribution in [0, 0.1) is 0 Å². The van der Waals surface area contributed by atoms with Crippen molar-refractivity contribution in [2.24, 2.45) is 0 Å². The number of fused-ring (bicyclic) bond motifs is 1. The normalized spacial score (nSPS) is 10.6. The number of aromatic carboxylic acids is 1. The monoisotopic (exact) mass is 343 g/mol. The molecule has 1 aromatic heterocycles. The van der Waals surface area contributed by atoms with Crippen LogP contribution in [0.25, 0.3) is 22.2 Å². The summed E-state index contributed by atoms with van der Waals surface area (Å²) in [6.45, 7) is 0. The number of hydrogen-bond donors (Lipinski definition) is 1. The van der Waals surface area contributed by atoms with Crippen molar-refractivity contribution >= 4 is 28.5 Å². The molecule has 0 aliphatic carbocycles. The first kappa shape index (κ1) is 16.1. The van der Waals surface area contributed by atoms with Gasteiger partial charge in [-0.3, -0.25) is 0 Å². The summed E-state index contributed by atoms with van der Waals surface area (Å²) < 4.78 is 10.5. The number of methoxy groups -OCH3 is 2. The van der Waals surface area contributed by atoms with E-state index in [2.05, 4.69) is 4.98 Å². The third-order valence-electron chi connectivity index (χ3n) is 3.68. The number of aromatic nitrogens is 1. The number of carboxylic acids is 1. The molecule has 2 aromatic carbocycles. The number of ether oxygens (including phenoxy) is 2. The molecular weight excluding hydrogens is 330 g/mol. The van der Waals surface area contributed by atoms with Crippen LogP contribution in [-0.4, -0.2) is 30.3 Å². The lowest BCUT2D eigenvalue weighted by Gasteiger charge is -2.11. The van der Waals surface area contributed by atoms with Gasteiger partial charge in [-0.1, -0.05) is 11.6 Å². The Morgan fingerprint density at radius 1 is 1.04 bits per heavy atom. The molecule has 0 bridgehead atoms. The quantitative estimate of drug-likeness (QED) is 0.766. The number of rotatable bonds is 4. The first-order chi connectivity index (χ1) is 11.5. The highest BCUT2D eigenvalue weighted by molar-refractivity contribution is 6.31. The van der Waals surface area contributed by atoms with Gasteiger partial charge in [0.2, 0.25) is 0 Å². The summed E-state index contributed by atoms with van der Waals surface area (Å²) in [7, 11) is 3.10. The van der Waals surface area contributed by atoms with E-state index in [0.29, 0.717) is 33.1 Å². The first-order valence-electron chi connectivity index (χ1n) is 7.09. The molecule has 0 fully saturated rings. The smallest absolute Gasteiger partial charge is 0.336 e. The highest BCUT2D eigenvalue weighted by atomic mass is 35.5. The zero-order valence-corrected chi connectivity index (χ0v) is 13.8. The van der Waals surface area contributed by atoms with Gasteiger partial charge in [-0.15, -0.1) is 0 Å². The maximum atomic E-state index is 11.6. The van der Waals surface area contributed by atoms with Crippen LogP contribution in [0.2, 0.25) is 5.02 Å². The molecule has 24 heavy (non-hydrogen) atoms. The van der Waals surface area contributed by atoms with E-state index < -0.39 is 5.97 Å². The summed E-state index contributed by atoms with van der Waals surface area (Å²) in [6, 6.07) is 11.8. The summed E-state index contributed by atoms with van der Waals surface area (Å²) in [5.41, 5.74) is 1.96. The Bertz CT molecular complexity index is 940. The van der Waals surface area contributed by atoms with Crippen molar-refractivity contribution in [2.45, 2.75) is 0 Å². The Labute approximate surface area is 143 Å². The summed E-state index contributed by atoms with van der Waals surface area (Å²) >= 11 is 5.97. The summed E-state index contributed by atoms with van der Waals surface area (Å²) in [6.07, 6.45) is 0. The molecule has 0 aliphatic heterocycles. The van der Waals surface area contributed by atoms with Gasteiger partial charge in [0.1, 0.15) is 0 Å². The lowest BCUT2D eigenvalue weighted by molar-refractivity contribution is 0.0699. The Morgan fingerprint density at radius 2 is 1.79 bits per heavy atom. The highest BCUT2D eigenvalue weighted by Crippen LogP contribution is 2.33. The molecule has 0 unspecified atom stereocenters. The van der Waals surface area contributed by atoms with Crippen LogP contribution in [0.4, 0.5) is 0 Å². The number of halogens is 1. The van der Waals surface area contributed by atoms with Crippen molar-refractivity contribution in [3.63, 3.8) is 0 Å². The van der Waals surface area contributed by atoms with E-state index >= 15 is 0 Å². The number of nitrogens with zero attached hydrogens (tertiary/aromatic N) is 1. The molecule has 122 valence electrons. The second kappa shape index (κ2) is 6.37. The molecule has 0 atom stereocenters. The average Bonchev–Trinajstić information content (AvgIpc) is 2.60. The van der Waals surface area contributed by atoms with Crippen molar-refractivity contribution < 1.29 is 19.4 Å². The molecule has 5 nitrogen and oxygen atoms in total. The van der Waals surface area contributed by atoms with Gasteiger partial charge < -0.3 is 14.6 Å². The largest absolute Gasteiger partial charge is 0.493 e. The van der Waals surface area contributed by atoms with E-state index in [1.165, 1.54) is 6.07 Å². The van der Waals surface area contributed by atoms with Crippen LogP contribution in [-0.2, 0) is 0 Å². The highest BCUT2D eigenvalue weighted by Gasteiger charge is 2.14. The lowest BCUT2D eigenvalue weighted by Crippen LogP contribution is -2.00. The van der Waals surface area contributed by atoms with E-state index in [1.54, 1.807) is 50.6 Å². The fourth-order valence-electron chi connectivity index (χ4n) is 2.52. The maximum Gasteiger partial charge on any atom is 0.336 e. The first-order valence-corrected chi connectivity index (χ1v) is 7.47. The van der Waals surface area contributed by atoms with E-state index in [4.69, 9.17) is 21.1 Å². The predicted molar refractivity (Wildman–Crippen MR) is 92.3 cm³/mol. The molecule has 0 spiro atoms. The van der Waals surface area contributed by atoms with E-state index in [0.717, 1.165) is 5.56 Å². The molecule has 0 saturated carbocycles. The molecule has 3 rings (SSSR count). The number of pyridine rings is 1. The summed E-state index contributed by atoms with van der Waals surface area (Å²) in [5.74, 6) is 0.101. The van der Waals surface area contributed by atoms with Crippen LogP contribution in [0.1, 0.15) is 10.4 Å². The van der Waals surface area contributed by atoms with Gasteiger partial charge in [-0.05, 0) is 42.5 Å². The van der Waals surface area contributed by atoms with Crippen LogP contribution < -0.4 is 9.47 Å². The molecule has 0 saturated heterocycles.